The van der Waals surface area contributed by atoms with E-state index in [-0.39, 0.29) is 12.5 Å². The van der Waals surface area contributed by atoms with Crippen molar-refractivity contribution in [1.29, 1.82) is 0 Å². The number of halogens is 3. The van der Waals surface area contributed by atoms with E-state index in [4.69, 9.17) is 0 Å². The predicted molar refractivity (Wildman–Crippen MR) is 83.2 cm³/mol. The van der Waals surface area contributed by atoms with Gasteiger partial charge in [-0.3, -0.25) is 14.5 Å². The van der Waals surface area contributed by atoms with Crippen LogP contribution >= 0.6 is 0 Å². The monoisotopic (exact) mass is 349 g/mol. The smallest absolute Gasteiger partial charge is 0.341 e. The Morgan fingerprint density at radius 1 is 1.25 bits per heavy atom. The molecule has 0 bridgehead atoms. The molecular weight excluding hydrogens is 323 g/mol. The minimum Gasteiger partial charge on any atom is -0.341 e. The Labute approximate surface area is 140 Å². The maximum Gasteiger partial charge on any atom is 0.406 e. The van der Waals surface area contributed by atoms with Crippen molar-refractivity contribution in [3.63, 3.8) is 0 Å². The molecule has 2 saturated heterocycles. The van der Waals surface area contributed by atoms with Crippen molar-refractivity contribution < 1.29 is 22.8 Å². The maximum absolute atomic E-state index is 12.6. The molecular formula is C16H26F3N3O2. The second-order valence-corrected chi connectivity index (χ2v) is 7.03. The minimum absolute atomic E-state index is 0.0496. The molecule has 2 aliphatic heterocycles. The number of carbonyl (C=O) groups is 2. The average molecular weight is 349 g/mol. The largest absolute Gasteiger partial charge is 0.406 e. The number of rotatable bonds is 4. The fourth-order valence-electron chi connectivity index (χ4n) is 3.41. The summed E-state index contributed by atoms with van der Waals surface area (Å²) in [6.07, 6.45) is -2.15. The predicted octanol–water partition coefficient (Wildman–Crippen LogP) is 1.73. The first-order valence-electron chi connectivity index (χ1n) is 8.46. The molecule has 8 heteroatoms. The Balaban J connectivity index is 1.94. The van der Waals surface area contributed by atoms with E-state index in [1.165, 1.54) is 0 Å². The third-order valence-electron chi connectivity index (χ3n) is 5.19. The summed E-state index contributed by atoms with van der Waals surface area (Å²) in [5.41, 5.74) is 0. The normalized spacial score (nSPS) is 24.8. The summed E-state index contributed by atoms with van der Waals surface area (Å²) in [5, 5.41) is 0. The SMILES string of the molecule is CC1CCN(C(=O)[C@H](C)N(C)[C@@H]2CCN(CC(F)(F)F)C2=O)CC1. The summed E-state index contributed by atoms with van der Waals surface area (Å²) in [7, 11) is 1.65. The Morgan fingerprint density at radius 3 is 2.38 bits per heavy atom. The van der Waals surface area contributed by atoms with Crippen LogP contribution in [0.2, 0.25) is 0 Å². The number of likely N-dealkylation sites (N-methyl/N-ethyl adjacent to an activating group) is 1. The van der Waals surface area contributed by atoms with Crippen LogP contribution in [0, 0.1) is 5.92 Å². The van der Waals surface area contributed by atoms with Crippen LogP contribution in [-0.2, 0) is 9.59 Å². The summed E-state index contributed by atoms with van der Waals surface area (Å²) < 4.78 is 37.5. The lowest BCUT2D eigenvalue weighted by atomic mass is 9.98. The summed E-state index contributed by atoms with van der Waals surface area (Å²) in [5.74, 6) is 0.0163. The molecule has 0 spiro atoms. The van der Waals surface area contributed by atoms with Gasteiger partial charge >= 0.3 is 6.18 Å². The van der Waals surface area contributed by atoms with Gasteiger partial charge in [-0.2, -0.15) is 13.2 Å². The van der Waals surface area contributed by atoms with Crippen molar-refractivity contribution in [2.75, 3.05) is 33.2 Å². The lowest BCUT2D eigenvalue weighted by Crippen LogP contribution is -2.53. The molecule has 5 nitrogen and oxygen atoms in total. The van der Waals surface area contributed by atoms with Crippen LogP contribution in [0.4, 0.5) is 13.2 Å². The topological polar surface area (TPSA) is 43.9 Å². The summed E-state index contributed by atoms with van der Waals surface area (Å²) in [6.45, 7) is 4.15. The Kier molecular flexibility index (Phi) is 5.78. The van der Waals surface area contributed by atoms with Gasteiger partial charge in [0.1, 0.15) is 6.54 Å². The van der Waals surface area contributed by atoms with Crippen molar-refractivity contribution in [2.45, 2.75) is 51.4 Å². The first-order chi connectivity index (χ1) is 11.1. The van der Waals surface area contributed by atoms with Gasteiger partial charge in [0.15, 0.2) is 0 Å². The quantitative estimate of drug-likeness (QED) is 0.776. The van der Waals surface area contributed by atoms with Gasteiger partial charge in [-0.1, -0.05) is 6.92 Å². The molecule has 2 atom stereocenters. The van der Waals surface area contributed by atoms with Crippen molar-refractivity contribution in [3.05, 3.63) is 0 Å². The van der Waals surface area contributed by atoms with Crippen LogP contribution < -0.4 is 0 Å². The third kappa shape index (κ3) is 4.40. The fraction of sp³-hybridized carbons (Fsp3) is 0.875. The number of alkyl halides is 3. The van der Waals surface area contributed by atoms with Crippen molar-refractivity contribution in [1.82, 2.24) is 14.7 Å². The molecule has 0 N–H and O–H groups in total. The van der Waals surface area contributed by atoms with E-state index in [2.05, 4.69) is 6.92 Å². The zero-order valence-corrected chi connectivity index (χ0v) is 14.5. The van der Waals surface area contributed by atoms with E-state index in [0.717, 1.165) is 17.7 Å². The van der Waals surface area contributed by atoms with Crippen molar-refractivity contribution >= 4 is 11.8 Å². The molecule has 2 amide bonds. The molecule has 2 aliphatic rings. The molecule has 24 heavy (non-hydrogen) atoms. The van der Waals surface area contributed by atoms with Gasteiger partial charge in [0.05, 0.1) is 12.1 Å². The van der Waals surface area contributed by atoms with E-state index < -0.39 is 30.7 Å². The van der Waals surface area contributed by atoms with E-state index in [1.807, 2.05) is 0 Å². The molecule has 0 aliphatic carbocycles. The van der Waals surface area contributed by atoms with Crippen LogP contribution in [0.5, 0.6) is 0 Å². The molecule has 2 heterocycles. The molecule has 0 unspecified atom stereocenters. The van der Waals surface area contributed by atoms with E-state index >= 15 is 0 Å². The molecule has 138 valence electrons. The van der Waals surface area contributed by atoms with Crippen LogP contribution in [-0.4, -0.2) is 78.0 Å². The van der Waals surface area contributed by atoms with E-state index in [0.29, 0.717) is 25.4 Å². The highest BCUT2D eigenvalue weighted by atomic mass is 19.4. The van der Waals surface area contributed by atoms with Gasteiger partial charge in [-0.05, 0) is 39.2 Å². The van der Waals surface area contributed by atoms with Crippen LogP contribution in [0.25, 0.3) is 0 Å². The molecule has 0 aromatic heterocycles. The van der Waals surface area contributed by atoms with Crippen molar-refractivity contribution in [2.24, 2.45) is 5.92 Å². The molecule has 2 fully saturated rings. The standard InChI is InChI=1S/C16H26F3N3O2/c1-11-4-7-21(8-5-11)14(23)12(2)20(3)13-6-9-22(15(13)24)10-16(17,18)19/h11-13H,4-10H2,1-3H3/t12-,13+/m0/s1. The second kappa shape index (κ2) is 7.29. The van der Waals surface area contributed by atoms with Crippen molar-refractivity contribution in [3.8, 4) is 0 Å². The number of carbonyl (C=O) groups excluding carboxylic acids is 2. The highest BCUT2D eigenvalue weighted by Gasteiger charge is 2.42. The molecule has 2 rings (SSSR count). The van der Waals surface area contributed by atoms with Gasteiger partial charge in [0.25, 0.3) is 0 Å². The highest BCUT2D eigenvalue weighted by molar-refractivity contribution is 5.86. The fourth-order valence-corrected chi connectivity index (χ4v) is 3.41. The van der Waals surface area contributed by atoms with Gasteiger partial charge in [0, 0.05) is 19.6 Å². The average Bonchev–Trinajstić information content (AvgIpc) is 2.85. The number of amides is 2. The van der Waals surface area contributed by atoms with Crippen LogP contribution in [0.1, 0.15) is 33.1 Å². The number of nitrogens with zero attached hydrogens (tertiary/aromatic N) is 3. The number of likely N-dealkylation sites (tertiary alicyclic amines) is 2. The highest BCUT2D eigenvalue weighted by Crippen LogP contribution is 2.24. The van der Waals surface area contributed by atoms with Crippen LogP contribution in [0.3, 0.4) is 0 Å². The number of hydrogen-bond acceptors (Lipinski definition) is 3. The Morgan fingerprint density at radius 2 is 1.83 bits per heavy atom. The van der Waals surface area contributed by atoms with Gasteiger partial charge in [-0.15, -0.1) is 0 Å². The van der Waals surface area contributed by atoms with Gasteiger partial charge < -0.3 is 9.80 Å². The summed E-state index contributed by atoms with van der Waals surface area (Å²) >= 11 is 0. The lowest BCUT2D eigenvalue weighted by molar-refractivity contribution is -0.159. The maximum atomic E-state index is 12.6. The van der Waals surface area contributed by atoms with E-state index in [9.17, 15) is 22.8 Å². The molecule has 0 aromatic carbocycles. The van der Waals surface area contributed by atoms with Gasteiger partial charge in [-0.25, -0.2) is 0 Å². The number of hydrogen-bond donors (Lipinski definition) is 0. The Bertz CT molecular complexity index is 476. The summed E-state index contributed by atoms with van der Waals surface area (Å²) in [6, 6.07) is -1.17. The zero-order valence-electron chi connectivity index (χ0n) is 14.5. The zero-order chi connectivity index (χ0) is 18.1. The Hall–Kier alpha value is -1.31. The first kappa shape index (κ1) is 19.0. The number of piperidine rings is 1. The lowest BCUT2D eigenvalue weighted by Gasteiger charge is -2.36. The first-order valence-corrected chi connectivity index (χ1v) is 8.46. The molecule has 0 saturated carbocycles. The van der Waals surface area contributed by atoms with Crippen LogP contribution in [0.15, 0.2) is 0 Å². The molecule has 0 radical (unpaired) electrons. The third-order valence-corrected chi connectivity index (χ3v) is 5.19. The van der Waals surface area contributed by atoms with Gasteiger partial charge in [0.2, 0.25) is 11.8 Å². The van der Waals surface area contributed by atoms with E-state index in [1.54, 1.807) is 23.8 Å². The minimum atomic E-state index is -4.39. The summed E-state index contributed by atoms with van der Waals surface area (Å²) in [4.78, 5) is 29.1. The molecule has 0 aromatic rings. The second-order valence-electron chi connectivity index (χ2n) is 7.03.